The Labute approximate surface area is 423 Å². The summed E-state index contributed by atoms with van der Waals surface area (Å²) < 4.78 is 129. The van der Waals surface area contributed by atoms with Crippen molar-refractivity contribution in [2.75, 3.05) is 0 Å². The van der Waals surface area contributed by atoms with Crippen molar-refractivity contribution in [1.82, 2.24) is 15.0 Å². The van der Waals surface area contributed by atoms with Gasteiger partial charge in [-0.2, -0.15) is 5.26 Å². The predicted octanol–water partition coefficient (Wildman–Crippen LogP) is 15.7. The predicted molar refractivity (Wildman–Crippen MR) is 281 cm³/mol. The van der Waals surface area contributed by atoms with Crippen LogP contribution in [0.25, 0.3) is 66.8 Å². The zero-order valence-electron chi connectivity index (χ0n) is 50.6. The molecule has 0 N–H and O–H groups in total. The number of hydrogen-bond donors (Lipinski definition) is 0. The maximum atomic E-state index is 10.4. The molecule has 336 valence electrons. The summed E-state index contributed by atoms with van der Waals surface area (Å²) in [5.41, 5.74) is 4.30. The largest absolute Gasteiger partial charge is 0.455 e. The number of aromatic nitrogens is 3. The quantitative estimate of drug-likeness (QED) is 0.109. The molecule has 5 heteroatoms. The molecule has 0 atom stereocenters. The summed E-state index contributed by atoms with van der Waals surface area (Å²) in [5.74, 6) is 0.470. The molecule has 0 saturated heterocycles. The number of benzene rings is 6. The summed E-state index contributed by atoms with van der Waals surface area (Å²) >= 11 is 0. The normalized spacial score (nSPS) is 16.9. The monoisotopic (exact) mass is 908 g/mol. The van der Waals surface area contributed by atoms with Crippen molar-refractivity contribution in [2.24, 2.45) is 0 Å². The van der Waals surface area contributed by atoms with Gasteiger partial charge in [-0.3, -0.25) is 15.0 Å². The number of rotatable bonds is 14. The average Bonchev–Trinajstić information content (AvgIpc) is 4.07. The Bertz CT molecular complexity index is 3900. The molecule has 0 spiro atoms. The van der Waals surface area contributed by atoms with Crippen molar-refractivity contribution in [3.8, 4) is 51.0 Å². The third-order valence-corrected chi connectivity index (χ3v) is 12.7. The molecular weight excluding hydrogens is 841 g/mol. The van der Waals surface area contributed by atoms with E-state index in [4.69, 9.17) is 5.79 Å². The SMILES string of the molecule is [2H]c1cc2c(oc3c(-c4ccc(C([2H])([2H])C([2H])([2H])c5cc(C([2H])([2H])C([2H])([2H])c6ccc(-c7ccccc7)nc6)cc(C([2H])([2H])C([2H])([2H])c6ccc(-c7ccccc7)nc6)c5)cn4)cccc32)c(-c2ccc(C3CCCCC3)cc2)c1C#N. The molecular formula is C64H54N4O. The van der Waals surface area contributed by atoms with Crippen LogP contribution in [0.5, 0.6) is 0 Å². The molecule has 1 aliphatic rings. The number of hydrogen-bond acceptors (Lipinski definition) is 5. The molecule has 6 aromatic carbocycles. The van der Waals surface area contributed by atoms with Gasteiger partial charge in [0.05, 0.1) is 30.1 Å². The van der Waals surface area contributed by atoms with E-state index in [1.807, 2.05) is 78.9 Å². The number of para-hydroxylation sites is 1. The lowest BCUT2D eigenvalue weighted by atomic mass is 9.83. The number of nitriles is 1. The van der Waals surface area contributed by atoms with Gasteiger partial charge in [-0.1, -0.05) is 153 Å². The van der Waals surface area contributed by atoms with E-state index in [1.54, 1.807) is 30.3 Å². The van der Waals surface area contributed by atoms with Crippen molar-refractivity contribution in [3.05, 3.63) is 233 Å². The van der Waals surface area contributed by atoms with Crippen LogP contribution in [0.3, 0.4) is 0 Å². The van der Waals surface area contributed by atoms with Crippen molar-refractivity contribution in [2.45, 2.75) is 76.3 Å². The van der Waals surface area contributed by atoms with Crippen LogP contribution in [0.2, 0.25) is 0 Å². The van der Waals surface area contributed by atoms with E-state index >= 15 is 0 Å². The van der Waals surface area contributed by atoms with Crippen molar-refractivity contribution in [3.63, 3.8) is 0 Å². The maximum Gasteiger partial charge on any atom is 0.144 e. The van der Waals surface area contributed by atoms with Crippen molar-refractivity contribution < 1.29 is 22.2 Å². The fourth-order valence-corrected chi connectivity index (χ4v) is 9.12. The summed E-state index contributed by atoms with van der Waals surface area (Å²) in [6, 6.07) is 47.2. The average molecular weight is 908 g/mol. The molecule has 0 bridgehead atoms. The van der Waals surface area contributed by atoms with E-state index in [0.717, 1.165) is 47.7 Å². The highest BCUT2D eigenvalue weighted by Gasteiger charge is 2.21. The van der Waals surface area contributed by atoms with E-state index in [1.165, 1.54) is 67.7 Å². The zero-order chi connectivity index (χ0) is 58.0. The summed E-state index contributed by atoms with van der Waals surface area (Å²) in [5, 5.41) is 11.6. The van der Waals surface area contributed by atoms with Gasteiger partial charge in [-0.15, -0.1) is 0 Å². The lowest BCUT2D eigenvalue weighted by Gasteiger charge is -2.22. The second kappa shape index (κ2) is 20.1. The van der Waals surface area contributed by atoms with E-state index in [2.05, 4.69) is 33.2 Å². The Kier molecular flexibility index (Phi) is 9.09. The van der Waals surface area contributed by atoms with E-state index in [9.17, 15) is 21.7 Å². The van der Waals surface area contributed by atoms with Gasteiger partial charge in [0.25, 0.3) is 0 Å². The molecule has 4 heterocycles. The lowest BCUT2D eigenvalue weighted by molar-refractivity contribution is 0.443. The summed E-state index contributed by atoms with van der Waals surface area (Å²) in [4.78, 5) is 13.5. The molecule has 10 aromatic rings. The highest BCUT2D eigenvalue weighted by Crippen LogP contribution is 2.42. The topological polar surface area (TPSA) is 75.6 Å². The number of aryl methyl sites for hydroxylation is 6. The van der Waals surface area contributed by atoms with Crippen LogP contribution in [0.15, 0.2) is 193 Å². The Morgan fingerprint density at radius 2 is 1.00 bits per heavy atom. The molecule has 0 radical (unpaired) electrons. The first kappa shape index (κ1) is 31.2. The number of nitrogens with zero attached hydrogens (tertiary/aromatic N) is 4. The zero-order valence-corrected chi connectivity index (χ0v) is 37.6. The van der Waals surface area contributed by atoms with Gasteiger partial charge in [0.2, 0.25) is 0 Å². The van der Waals surface area contributed by atoms with Gasteiger partial charge < -0.3 is 4.42 Å². The molecule has 5 nitrogen and oxygen atoms in total. The fraction of sp³-hybridized carbons (Fsp3) is 0.188. The molecule has 1 fully saturated rings. The summed E-state index contributed by atoms with van der Waals surface area (Å²) in [6.07, 6.45) is -8.78. The minimum atomic E-state index is -3.15. The van der Waals surface area contributed by atoms with Gasteiger partial charge >= 0.3 is 0 Å². The first-order valence-corrected chi connectivity index (χ1v) is 23.2. The van der Waals surface area contributed by atoms with Crippen LogP contribution in [0.4, 0.5) is 0 Å². The highest BCUT2D eigenvalue weighted by molar-refractivity contribution is 6.13. The molecule has 1 saturated carbocycles. The molecule has 0 unspecified atom stereocenters. The van der Waals surface area contributed by atoms with Crippen LogP contribution in [-0.4, -0.2) is 15.0 Å². The third-order valence-electron chi connectivity index (χ3n) is 12.7. The Balaban J connectivity index is 0.972. The Hall–Kier alpha value is -7.94. The summed E-state index contributed by atoms with van der Waals surface area (Å²) in [6.45, 7) is 0. The van der Waals surface area contributed by atoms with Gasteiger partial charge in [0.1, 0.15) is 11.2 Å². The van der Waals surface area contributed by atoms with Crippen molar-refractivity contribution in [1.29, 1.82) is 5.26 Å². The third kappa shape index (κ3) is 9.76. The minimum absolute atomic E-state index is 0.0352. The molecule has 4 aromatic heterocycles. The molecule has 69 heavy (non-hydrogen) atoms. The van der Waals surface area contributed by atoms with Crippen LogP contribution in [0, 0.1) is 11.3 Å². The van der Waals surface area contributed by atoms with E-state index < -0.39 is 54.9 Å². The van der Waals surface area contributed by atoms with Crippen molar-refractivity contribution >= 4 is 21.9 Å². The van der Waals surface area contributed by atoms with Crippen LogP contribution in [-0.2, 0) is 38.2 Å². The number of furan rings is 1. The van der Waals surface area contributed by atoms with E-state index in [-0.39, 0.29) is 28.3 Å². The molecule has 0 amide bonds. The first-order valence-electron chi connectivity index (χ1n) is 29.7. The smallest absolute Gasteiger partial charge is 0.144 e. The van der Waals surface area contributed by atoms with Crippen LogP contribution >= 0.6 is 0 Å². The number of fused-ring (bicyclic) bond motifs is 3. The minimum Gasteiger partial charge on any atom is -0.455 e. The van der Waals surface area contributed by atoms with Gasteiger partial charge in [0, 0.05) is 68.1 Å². The standard InChI is InChI=1S/C64H54N4O/c65-40-55-32-33-57-56-17-10-18-58(63(56)69-64(57)62(55)54-30-28-51(29-31-54)50-11-4-1-5-12-50)61-36-27-46(43-68-61)21-24-49-38-47(22-19-44-25-34-59(66-41-44)52-13-6-2-7-14-52)37-48(39-49)23-20-45-26-35-60(67-42-45)53-15-8-3-9-16-53/h2-3,6-10,13-18,25-39,41-43,50H,1,4-5,11-12,19-24H2/i19D2,20D2,21D2,22D2,23D2,24D2,32D. The highest BCUT2D eigenvalue weighted by atomic mass is 16.3. The Morgan fingerprint density at radius 1 is 0.493 bits per heavy atom. The fourth-order valence-electron chi connectivity index (χ4n) is 9.12. The molecule has 11 rings (SSSR count). The number of pyridine rings is 3. The maximum absolute atomic E-state index is 10.4. The first-order chi connectivity index (χ1) is 39.1. The van der Waals surface area contributed by atoms with Gasteiger partial charge in [-0.25, -0.2) is 0 Å². The lowest BCUT2D eigenvalue weighted by Crippen LogP contribution is -2.04. The second-order valence-corrected chi connectivity index (χ2v) is 17.2. The summed E-state index contributed by atoms with van der Waals surface area (Å²) in [7, 11) is 0. The van der Waals surface area contributed by atoms with Gasteiger partial charge in [-0.05, 0) is 138 Å². The Morgan fingerprint density at radius 3 is 1.51 bits per heavy atom. The van der Waals surface area contributed by atoms with Crippen LogP contribution < -0.4 is 0 Å². The van der Waals surface area contributed by atoms with Gasteiger partial charge in [0.15, 0.2) is 0 Å². The van der Waals surface area contributed by atoms with E-state index in [0.29, 0.717) is 56.1 Å². The van der Waals surface area contributed by atoms with Crippen LogP contribution in [0.1, 0.15) is 100 Å². The molecule has 0 aliphatic heterocycles. The molecule has 1 aliphatic carbocycles. The second-order valence-electron chi connectivity index (χ2n) is 17.2.